The summed E-state index contributed by atoms with van der Waals surface area (Å²) in [6, 6.07) is -0.163. The van der Waals surface area contributed by atoms with Crippen LogP contribution in [0.1, 0.15) is 32.1 Å². The Hall–Kier alpha value is -0.750. The summed E-state index contributed by atoms with van der Waals surface area (Å²) in [5.41, 5.74) is -0.736. The number of nitrogens with one attached hydrogen (secondary N) is 2. The van der Waals surface area contributed by atoms with E-state index in [4.69, 9.17) is 0 Å². The van der Waals surface area contributed by atoms with Crippen LogP contribution in [0.3, 0.4) is 0 Å². The Bertz CT molecular complexity index is 323. The van der Waals surface area contributed by atoms with Crippen molar-refractivity contribution in [2.75, 3.05) is 18.2 Å². The zero-order valence-corrected chi connectivity index (χ0v) is 11.2. The van der Waals surface area contributed by atoms with Crippen LogP contribution in [0.25, 0.3) is 0 Å². The number of carboxylic acid groups (broad SMARTS) is 1. The fraction of sp³-hybridized carbons (Fsp3) is 0.833. The Kier molecular flexibility index (Phi) is 4.50. The number of carbonyl (C=O) groups is 2. The minimum atomic E-state index is -0.767. The van der Waals surface area contributed by atoms with Crippen LogP contribution in [0.4, 0.5) is 0 Å². The minimum Gasteiger partial charge on any atom is -0.481 e. The molecule has 0 aromatic heterocycles. The van der Waals surface area contributed by atoms with Crippen LogP contribution in [-0.2, 0) is 9.59 Å². The van der Waals surface area contributed by atoms with Gasteiger partial charge in [-0.15, -0.1) is 11.8 Å². The molecule has 102 valence electrons. The lowest BCUT2D eigenvalue weighted by molar-refractivity contribution is -0.151. The summed E-state index contributed by atoms with van der Waals surface area (Å²) in [6.07, 6.45) is 4.34. The maximum atomic E-state index is 11.9. The smallest absolute Gasteiger partial charge is 0.311 e. The lowest BCUT2D eigenvalue weighted by Crippen LogP contribution is -2.49. The SMILES string of the molecule is O=C(NCC1(C(=O)O)CCCCC1)C1CSCN1. The Morgan fingerprint density at radius 3 is 2.61 bits per heavy atom. The van der Waals surface area contributed by atoms with Gasteiger partial charge in [0.15, 0.2) is 0 Å². The monoisotopic (exact) mass is 272 g/mol. The molecular weight excluding hydrogens is 252 g/mol. The molecule has 6 heteroatoms. The summed E-state index contributed by atoms with van der Waals surface area (Å²) in [7, 11) is 0. The molecule has 0 radical (unpaired) electrons. The average Bonchev–Trinajstić information content (AvgIpc) is 2.91. The van der Waals surface area contributed by atoms with E-state index in [-0.39, 0.29) is 18.5 Å². The van der Waals surface area contributed by atoms with Gasteiger partial charge in [0, 0.05) is 18.2 Å². The van der Waals surface area contributed by atoms with Crippen molar-refractivity contribution in [3.8, 4) is 0 Å². The summed E-state index contributed by atoms with van der Waals surface area (Å²) in [4.78, 5) is 23.3. The second-order valence-electron chi connectivity index (χ2n) is 5.14. The zero-order valence-electron chi connectivity index (χ0n) is 10.4. The van der Waals surface area contributed by atoms with Gasteiger partial charge in [0.25, 0.3) is 0 Å². The van der Waals surface area contributed by atoms with E-state index in [0.29, 0.717) is 12.8 Å². The van der Waals surface area contributed by atoms with Gasteiger partial charge < -0.3 is 10.4 Å². The average molecular weight is 272 g/mol. The van der Waals surface area contributed by atoms with Crippen molar-refractivity contribution in [3.05, 3.63) is 0 Å². The highest BCUT2D eigenvalue weighted by molar-refractivity contribution is 7.99. The summed E-state index contributed by atoms with van der Waals surface area (Å²) in [5, 5.41) is 15.3. The van der Waals surface area contributed by atoms with E-state index in [1.807, 2.05) is 0 Å². The number of hydrogen-bond acceptors (Lipinski definition) is 4. The molecule has 18 heavy (non-hydrogen) atoms. The molecule has 1 saturated carbocycles. The van der Waals surface area contributed by atoms with E-state index in [2.05, 4.69) is 10.6 Å². The van der Waals surface area contributed by atoms with Crippen LogP contribution >= 0.6 is 11.8 Å². The molecule has 2 fully saturated rings. The van der Waals surface area contributed by atoms with Gasteiger partial charge in [0.05, 0.1) is 11.5 Å². The molecule has 3 N–H and O–H groups in total. The van der Waals surface area contributed by atoms with Crippen LogP contribution < -0.4 is 10.6 Å². The Morgan fingerprint density at radius 2 is 2.06 bits per heavy atom. The van der Waals surface area contributed by atoms with Gasteiger partial charge in [-0.25, -0.2) is 0 Å². The van der Waals surface area contributed by atoms with Gasteiger partial charge in [0.1, 0.15) is 0 Å². The van der Waals surface area contributed by atoms with Crippen LogP contribution in [0, 0.1) is 5.41 Å². The maximum Gasteiger partial charge on any atom is 0.311 e. The van der Waals surface area contributed by atoms with E-state index in [1.165, 1.54) is 0 Å². The van der Waals surface area contributed by atoms with Gasteiger partial charge in [-0.05, 0) is 12.8 Å². The molecule has 1 aliphatic heterocycles. The predicted octanol–water partition coefficient (Wildman–Crippen LogP) is 0.800. The minimum absolute atomic E-state index is 0.0637. The number of carbonyl (C=O) groups excluding carboxylic acids is 1. The molecule has 1 atom stereocenters. The highest BCUT2D eigenvalue weighted by atomic mass is 32.2. The molecule has 1 heterocycles. The first-order valence-electron chi connectivity index (χ1n) is 6.46. The second-order valence-corrected chi connectivity index (χ2v) is 6.17. The molecule has 2 rings (SSSR count). The van der Waals surface area contributed by atoms with Crippen molar-refractivity contribution in [3.63, 3.8) is 0 Å². The number of thioether (sulfide) groups is 1. The van der Waals surface area contributed by atoms with Crippen molar-refractivity contribution in [2.45, 2.75) is 38.1 Å². The normalized spacial score (nSPS) is 26.8. The molecule has 5 nitrogen and oxygen atoms in total. The summed E-state index contributed by atoms with van der Waals surface area (Å²) < 4.78 is 0. The van der Waals surface area contributed by atoms with Gasteiger partial charge >= 0.3 is 5.97 Å². The molecular formula is C12H20N2O3S. The van der Waals surface area contributed by atoms with Crippen molar-refractivity contribution in [1.82, 2.24) is 10.6 Å². The largest absolute Gasteiger partial charge is 0.481 e. The highest BCUT2D eigenvalue weighted by Gasteiger charge is 2.40. The second kappa shape index (κ2) is 5.93. The molecule has 0 aromatic carbocycles. The molecule has 0 spiro atoms. The number of aliphatic carboxylic acids is 1. The number of rotatable bonds is 4. The third-order valence-electron chi connectivity index (χ3n) is 3.90. The third-order valence-corrected chi connectivity index (χ3v) is 4.84. The molecule has 1 aliphatic carbocycles. The topological polar surface area (TPSA) is 78.4 Å². The molecule has 0 bridgehead atoms. The van der Waals surface area contributed by atoms with Crippen LogP contribution in [0.5, 0.6) is 0 Å². The molecule has 2 aliphatic rings. The van der Waals surface area contributed by atoms with E-state index < -0.39 is 11.4 Å². The molecule has 1 unspecified atom stereocenters. The highest BCUT2D eigenvalue weighted by Crippen LogP contribution is 2.36. The predicted molar refractivity (Wildman–Crippen MR) is 70.4 cm³/mol. The van der Waals surface area contributed by atoms with Crippen LogP contribution in [0.15, 0.2) is 0 Å². The van der Waals surface area contributed by atoms with Gasteiger partial charge in [-0.1, -0.05) is 19.3 Å². The maximum absolute atomic E-state index is 11.9. The quantitative estimate of drug-likeness (QED) is 0.705. The fourth-order valence-corrected chi connectivity index (χ4v) is 3.58. The standard InChI is InChI=1S/C12H20N2O3S/c15-10(9-6-18-8-14-9)13-7-12(11(16)17)4-2-1-3-5-12/h9,14H,1-8H2,(H,13,15)(H,16,17). The third kappa shape index (κ3) is 2.98. The first kappa shape index (κ1) is 13.7. The van der Waals surface area contributed by atoms with E-state index in [9.17, 15) is 14.7 Å². The van der Waals surface area contributed by atoms with Gasteiger partial charge in [-0.2, -0.15) is 0 Å². The van der Waals surface area contributed by atoms with Gasteiger partial charge in [-0.3, -0.25) is 14.9 Å². The Balaban J connectivity index is 1.89. The Morgan fingerprint density at radius 1 is 1.33 bits per heavy atom. The first-order valence-corrected chi connectivity index (χ1v) is 7.62. The zero-order chi connectivity index (χ0) is 13.0. The van der Waals surface area contributed by atoms with Crippen molar-refractivity contribution in [1.29, 1.82) is 0 Å². The van der Waals surface area contributed by atoms with Crippen LogP contribution in [-0.4, -0.2) is 41.2 Å². The van der Waals surface area contributed by atoms with Gasteiger partial charge in [0.2, 0.25) is 5.91 Å². The summed E-state index contributed by atoms with van der Waals surface area (Å²) in [5.74, 6) is 0.732. The van der Waals surface area contributed by atoms with E-state index in [1.54, 1.807) is 11.8 Å². The molecule has 1 amide bonds. The van der Waals surface area contributed by atoms with Crippen molar-refractivity contribution in [2.24, 2.45) is 5.41 Å². The van der Waals surface area contributed by atoms with Crippen molar-refractivity contribution >= 4 is 23.6 Å². The molecule has 1 saturated heterocycles. The number of amides is 1. The lowest BCUT2D eigenvalue weighted by Gasteiger charge is -2.33. The Labute approximate surface area is 111 Å². The van der Waals surface area contributed by atoms with Crippen molar-refractivity contribution < 1.29 is 14.7 Å². The summed E-state index contributed by atoms with van der Waals surface area (Å²) in [6.45, 7) is 0.268. The van der Waals surface area contributed by atoms with E-state index >= 15 is 0 Å². The summed E-state index contributed by atoms with van der Waals surface area (Å²) >= 11 is 1.69. The fourth-order valence-electron chi connectivity index (χ4n) is 2.64. The van der Waals surface area contributed by atoms with E-state index in [0.717, 1.165) is 30.9 Å². The lowest BCUT2D eigenvalue weighted by atomic mass is 9.74. The number of hydrogen-bond donors (Lipinski definition) is 3. The van der Waals surface area contributed by atoms with Crippen LogP contribution in [0.2, 0.25) is 0 Å². The first-order chi connectivity index (χ1) is 8.64. The number of carboxylic acids is 1. The molecule has 0 aromatic rings.